The Labute approximate surface area is 176 Å². The first-order valence-electron chi connectivity index (χ1n) is 11.5. The molecule has 5 atom stereocenters. The van der Waals surface area contributed by atoms with Gasteiger partial charge in [-0.1, -0.05) is 45.2 Å². The minimum absolute atomic E-state index is 0.0317. The molecule has 0 bridgehead atoms. The number of hydrogen-bond acceptors (Lipinski definition) is 4. The van der Waals surface area contributed by atoms with Crippen molar-refractivity contribution in [2.24, 2.45) is 23.7 Å². The van der Waals surface area contributed by atoms with Crippen molar-refractivity contribution in [3.8, 4) is 5.75 Å². The van der Waals surface area contributed by atoms with Gasteiger partial charge in [-0.2, -0.15) is 0 Å². The molecule has 4 nitrogen and oxygen atoms in total. The summed E-state index contributed by atoms with van der Waals surface area (Å²) in [4.78, 5) is 11.5. The predicted octanol–water partition coefficient (Wildman–Crippen LogP) is 4.95. The zero-order valence-electron chi connectivity index (χ0n) is 18.4. The smallest absolute Gasteiger partial charge is 0.343 e. The number of rotatable bonds is 10. The molecule has 2 aliphatic carbocycles. The van der Waals surface area contributed by atoms with Crippen LogP contribution in [0.2, 0.25) is 0 Å². The number of aliphatic hydroxyl groups excluding tert-OH is 1. The molecule has 29 heavy (non-hydrogen) atoms. The van der Waals surface area contributed by atoms with Gasteiger partial charge in [0.15, 0.2) is 6.61 Å². The van der Waals surface area contributed by atoms with Crippen LogP contribution in [0.25, 0.3) is 0 Å². The van der Waals surface area contributed by atoms with Gasteiger partial charge in [-0.25, -0.2) is 4.79 Å². The molecule has 0 radical (unpaired) electrons. The van der Waals surface area contributed by atoms with Gasteiger partial charge in [0.25, 0.3) is 0 Å². The molecule has 162 valence electrons. The van der Waals surface area contributed by atoms with E-state index in [-0.39, 0.29) is 18.7 Å². The van der Waals surface area contributed by atoms with Crippen LogP contribution in [0.3, 0.4) is 0 Å². The number of ether oxygens (including phenoxy) is 2. The Balaban J connectivity index is 1.62. The van der Waals surface area contributed by atoms with Gasteiger partial charge in [-0.05, 0) is 79.4 Å². The van der Waals surface area contributed by atoms with Gasteiger partial charge in [0, 0.05) is 0 Å². The van der Waals surface area contributed by atoms with Crippen LogP contribution in [-0.2, 0) is 22.4 Å². The fourth-order valence-corrected chi connectivity index (χ4v) is 5.69. The topological polar surface area (TPSA) is 55.8 Å². The lowest BCUT2D eigenvalue weighted by Gasteiger charge is -2.33. The fraction of sp³-hybridized carbons (Fsp3) is 0.720. The second-order valence-corrected chi connectivity index (χ2v) is 9.19. The summed E-state index contributed by atoms with van der Waals surface area (Å²) >= 11 is 0. The molecule has 1 aromatic carbocycles. The first kappa shape index (κ1) is 22.1. The minimum Gasteiger partial charge on any atom is -0.482 e. The molecule has 1 aromatic rings. The van der Waals surface area contributed by atoms with Crippen molar-refractivity contribution in [1.29, 1.82) is 0 Å². The van der Waals surface area contributed by atoms with Crippen molar-refractivity contribution in [2.45, 2.75) is 77.7 Å². The Morgan fingerprint density at radius 1 is 1.24 bits per heavy atom. The van der Waals surface area contributed by atoms with E-state index in [0.29, 0.717) is 23.7 Å². The zero-order chi connectivity index (χ0) is 20.8. The quantitative estimate of drug-likeness (QED) is 0.444. The molecule has 5 unspecified atom stereocenters. The van der Waals surface area contributed by atoms with Crippen LogP contribution in [0.5, 0.6) is 5.75 Å². The van der Waals surface area contributed by atoms with Crippen LogP contribution in [0.15, 0.2) is 18.2 Å². The van der Waals surface area contributed by atoms with Gasteiger partial charge in [0.05, 0.1) is 13.2 Å². The first-order chi connectivity index (χ1) is 14.0. The Morgan fingerprint density at radius 3 is 2.83 bits per heavy atom. The van der Waals surface area contributed by atoms with E-state index in [1.54, 1.807) is 0 Å². The standard InChI is InChI=1S/C25H38O4/c1-4-5-6-9-20(26)11-12-21-17(2)13-19-15-23-18(14-22(19)21)8-7-10-24(23)29-16-25(27)28-3/h7-8,10,17,19-22,26H,4-6,9,11-16H2,1-3H3. The number of benzene rings is 1. The van der Waals surface area contributed by atoms with Crippen LogP contribution < -0.4 is 4.74 Å². The summed E-state index contributed by atoms with van der Waals surface area (Å²) in [5.41, 5.74) is 2.65. The average Bonchev–Trinajstić information content (AvgIpc) is 3.02. The summed E-state index contributed by atoms with van der Waals surface area (Å²) in [6.07, 6.45) is 9.86. The molecular formula is C25H38O4. The van der Waals surface area contributed by atoms with Gasteiger partial charge < -0.3 is 14.6 Å². The van der Waals surface area contributed by atoms with Crippen molar-refractivity contribution in [3.05, 3.63) is 29.3 Å². The summed E-state index contributed by atoms with van der Waals surface area (Å²) in [5.74, 6) is 3.30. The van der Waals surface area contributed by atoms with Crippen LogP contribution >= 0.6 is 0 Å². The molecule has 0 aliphatic heterocycles. The lowest BCUT2D eigenvalue weighted by atomic mass is 9.73. The average molecular weight is 403 g/mol. The number of esters is 1. The lowest BCUT2D eigenvalue weighted by molar-refractivity contribution is -0.142. The number of carbonyl (C=O) groups is 1. The van der Waals surface area contributed by atoms with E-state index in [2.05, 4.69) is 19.9 Å². The number of unbranched alkanes of at least 4 members (excludes halogenated alkanes) is 2. The molecule has 0 saturated heterocycles. The maximum Gasteiger partial charge on any atom is 0.343 e. The van der Waals surface area contributed by atoms with E-state index >= 15 is 0 Å². The Hall–Kier alpha value is -1.55. The second-order valence-electron chi connectivity index (χ2n) is 9.19. The highest BCUT2D eigenvalue weighted by Crippen LogP contribution is 2.50. The minimum atomic E-state index is -0.344. The largest absolute Gasteiger partial charge is 0.482 e. The molecule has 0 amide bonds. The third-order valence-electron chi connectivity index (χ3n) is 7.26. The van der Waals surface area contributed by atoms with E-state index < -0.39 is 0 Å². The third kappa shape index (κ3) is 5.53. The maximum absolute atomic E-state index is 11.5. The molecule has 2 aliphatic rings. The molecule has 0 spiro atoms. The van der Waals surface area contributed by atoms with Crippen molar-refractivity contribution < 1.29 is 19.4 Å². The summed E-state index contributed by atoms with van der Waals surface area (Å²) in [7, 11) is 1.39. The Morgan fingerprint density at radius 2 is 2.07 bits per heavy atom. The van der Waals surface area contributed by atoms with Crippen molar-refractivity contribution in [3.63, 3.8) is 0 Å². The van der Waals surface area contributed by atoms with Crippen LogP contribution in [0.1, 0.15) is 69.9 Å². The molecule has 1 saturated carbocycles. The molecular weight excluding hydrogens is 364 g/mol. The van der Waals surface area contributed by atoms with Crippen LogP contribution in [0, 0.1) is 23.7 Å². The number of fused-ring (bicyclic) bond motifs is 2. The third-order valence-corrected chi connectivity index (χ3v) is 7.26. The van der Waals surface area contributed by atoms with Crippen LogP contribution in [0.4, 0.5) is 0 Å². The highest BCUT2D eigenvalue weighted by atomic mass is 16.6. The van der Waals surface area contributed by atoms with Gasteiger partial charge in [-0.15, -0.1) is 0 Å². The molecule has 0 aromatic heterocycles. The van der Waals surface area contributed by atoms with Crippen molar-refractivity contribution >= 4 is 5.97 Å². The number of carbonyl (C=O) groups excluding carboxylic acids is 1. The molecule has 3 rings (SSSR count). The molecule has 1 N–H and O–H groups in total. The molecule has 1 fully saturated rings. The molecule has 4 heteroatoms. The van der Waals surface area contributed by atoms with E-state index in [1.165, 1.54) is 37.5 Å². The first-order valence-corrected chi connectivity index (χ1v) is 11.5. The highest BCUT2D eigenvalue weighted by molar-refractivity contribution is 5.71. The van der Waals surface area contributed by atoms with Crippen LogP contribution in [-0.4, -0.2) is 30.9 Å². The van der Waals surface area contributed by atoms with Crippen molar-refractivity contribution in [1.82, 2.24) is 0 Å². The van der Waals surface area contributed by atoms with E-state index in [4.69, 9.17) is 9.47 Å². The summed E-state index contributed by atoms with van der Waals surface area (Å²) in [6, 6.07) is 6.23. The fourth-order valence-electron chi connectivity index (χ4n) is 5.69. The number of aliphatic hydroxyl groups is 1. The van der Waals surface area contributed by atoms with Gasteiger partial charge in [-0.3, -0.25) is 0 Å². The second kappa shape index (κ2) is 10.5. The normalized spacial score (nSPS) is 26.5. The van der Waals surface area contributed by atoms with Crippen molar-refractivity contribution in [2.75, 3.05) is 13.7 Å². The highest BCUT2D eigenvalue weighted by Gasteiger charge is 2.43. The van der Waals surface area contributed by atoms with Gasteiger partial charge in [0.2, 0.25) is 0 Å². The van der Waals surface area contributed by atoms with Gasteiger partial charge >= 0.3 is 5.97 Å². The molecule has 0 heterocycles. The van der Waals surface area contributed by atoms with Gasteiger partial charge in [0.1, 0.15) is 5.75 Å². The summed E-state index contributed by atoms with van der Waals surface area (Å²) in [5, 5.41) is 10.4. The SMILES string of the molecule is CCCCCC(O)CCC1C(C)CC2Cc3c(cccc3OCC(=O)OC)CC21. The van der Waals surface area contributed by atoms with E-state index in [0.717, 1.165) is 44.3 Å². The summed E-state index contributed by atoms with van der Waals surface area (Å²) < 4.78 is 10.5. The van der Waals surface area contributed by atoms with E-state index in [9.17, 15) is 9.90 Å². The Bertz CT molecular complexity index is 671. The Kier molecular flexibility index (Phi) is 7.99. The predicted molar refractivity (Wildman–Crippen MR) is 115 cm³/mol. The number of hydrogen-bond donors (Lipinski definition) is 1. The maximum atomic E-state index is 11.5. The lowest BCUT2D eigenvalue weighted by Crippen LogP contribution is -2.27. The zero-order valence-corrected chi connectivity index (χ0v) is 18.4. The van der Waals surface area contributed by atoms with E-state index in [1.807, 2.05) is 12.1 Å². The summed E-state index contributed by atoms with van der Waals surface area (Å²) in [6.45, 7) is 4.57. The number of methoxy groups -OCH3 is 1. The monoisotopic (exact) mass is 402 g/mol.